The zero-order chi connectivity index (χ0) is 19.6. The number of carbonyl (C=O) groups excluding carboxylic acids is 1. The minimum atomic E-state index is -0.660. The molecule has 0 fully saturated rings. The van der Waals surface area contributed by atoms with Gasteiger partial charge < -0.3 is 15.6 Å². The first-order valence-electron chi connectivity index (χ1n) is 8.94. The molecule has 140 valence electrons. The number of nitrogens with one attached hydrogen (secondary N) is 2. The minimum Gasteiger partial charge on any atom is -0.392 e. The summed E-state index contributed by atoms with van der Waals surface area (Å²) in [6, 6.07) is 11.8. The van der Waals surface area contributed by atoms with Crippen LogP contribution in [0.15, 0.2) is 36.4 Å². The molecule has 5 rings (SSSR count). The number of carbonyl (C=O) groups is 1. The van der Waals surface area contributed by atoms with E-state index in [-0.39, 0.29) is 17.4 Å². The molecule has 0 saturated heterocycles. The Balaban J connectivity index is 1.69. The van der Waals surface area contributed by atoms with E-state index in [1.165, 1.54) is 0 Å². The molecule has 0 unspecified atom stereocenters. The Hall–Kier alpha value is -3.26. The molecule has 28 heavy (non-hydrogen) atoms. The highest BCUT2D eigenvalue weighted by atomic mass is 32.1. The number of amides is 1. The van der Waals surface area contributed by atoms with Crippen LogP contribution in [0, 0.1) is 0 Å². The predicted molar refractivity (Wildman–Crippen MR) is 113 cm³/mol. The lowest BCUT2D eigenvalue weighted by atomic mass is 9.86. The number of nitrogens with two attached hydrogens (primary N) is 1. The zero-order valence-electron chi connectivity index (χ0n) is 15.4. The highest BCUT2D eigenvalue weighted by molar-refractivity contribution is 7.80. The average molecular weight is 390 g/mol. The van der Waals surface area contributed by atoms with E-state index in [1.807, 2.05) is 50.2 Å². The molecule has 0 aliphatic carbocycles. The van der Waals surface area contributed by atoms with Crippen molar-refractivity contribution in [3.05, 3.63) is 42.0 Å². The molecule has 0 bridgehead atoms. The van der Waals surface area contributed by atoms with Gasteiger partial charge in [-0.1, -0.05) is 30.4 Å². The molecular formula is C20H18N6OS. The summed E-state index contributed by atoms with van der Waals surface area (Å²) >= 11 is 5.04. The first kappa shape index (κ1) is 16.9. The van der Waals surface area contributed by atoms with Crippen molar-refractivity contribution in [2.75, 3.05) is 11.4 Å². The number of hydrogen-bond acceptors (Lipinski definition) is 4. The molecule has 4 aromatic rings. The van der Waals surface area contributed by atoms with Gasteiger partial charge in [0, 0.05) is 5.39 Å². The molecule has 7 nitrogen and oxygen atoms in total. The van der Waals surface area contributed by atoms with Crippen molar-refractivity contribution in [2.45, 2.75) is 19.3 Å². The van der Waals surface area contributed by atoms with Gasteiger partial charge >= 0.3 is 0 Å². The van der Waals surface area contributed by atoms with Gasteiger partial charge in [-0.05, 0) is 37.6 Å². The van der Waals surface area contributed by atoms with Crippen LogP contribution in [0.25, 0.3) is 33.5 Å². The fourth-order valence-corrected chi connectivity index (χ4v) is 4.03. The van der Waals surface area contributed by atoms with Crippen molar-refractivity contribution >= 4 is 50.7 Å². The molecule has 0 spiro atoms. The maximum Gasteiger partial charge on any atom is 0.237 e. The summed E-state index contributed by atoms with van der Waals surface area (Å²) in [7, 11) is 0. The van der Waals surface area contributed by atoms with Crippen LogP contribution in [0.2, 0.25) is 0 Å². The topological polar surface area (TPSA) is 104 Å². The molecule has 1 aliphatic heterocycles. The fourth-order valence-electron chi connectivity index (χ4n) is 3.90. The summed E-state index contributed by atoms with van der Waals surface area (Å²) in [5, 5.41) is 8.45. The smallest absolute Gasteiger partial charge is 0.237 e. The summed E-state index contributed by atoms with van der Waals surface area (Å²) < 4.78 is 0. The molecule has 4 N–H and O–H groups in total. The number of para-hydroxylation sites is 1. The average Bonchev–Trinajstić information content (AvgIpc) is 3.31. The van der Waals surface area contributed by atoms with Crippen LogP contribution < -0.4 is 10.6 Å². The number of nitrogens with zero attached hydrogens (tertiary/aromatic N) is 3. The van der Waals surface area contributed by atoms with E-state index in [0.717, 1.165) is 38.9 Å². The number of imidazole rings is 1. The second-order valence-electron chi connectivity index (χ2n) is 7.57. The first-order chi connectivity index (χ1) is 13.4. The second kappa shape index (κ2) is 5.62. The van der Waals surface area contributed by atoms with Crippen LogP contribution in [0.1, 0.15) is 19.4 Å². The van der Waals surface area contributed by atoms with E-state index in [1.54, 1.807) is 4.90 Å². The van der Waals surface area contributed by atoms with Gasteiger partial charge in [-0.3, -0.25) is 9.89 Å². The molecular weight excluding hydrogens is 372 g/mol. The Kier molecular flexibility index (Phi) is 3.39. The third-order valence-corrected chi connectivity index (χ3v) is 5.48. The third kappa shape index (κ3) is 2.27. The van der Waals surface area contributed by atoms with Gasteiger partial charge in [-0.2, -0.15) is 5.10 Å². The van der Waals surface area contributed by atoms with E-state index in [2.05, 4.69) is 15.2 Å². The molecule has 0 saturated carbocycles. The third-order valence-electron chi connectivity index (χ3n) is 5.35. The number of aromatic nitrogens is 4. The number of rotatable bonds is 3. The Morgan fingerprint density at radius 2 is 2.04 bits per heavy atom. The highest BCUT2D eigenvalue weighted by Gasteiger charge is 2.44. The van der Waals surface area contributed by atoms with E-state index in [0.29, 0.717) is 5.82 Å². The number of hydrogen-bond donors (Lipinski definition) is 3. The first-order valence-corrected chi connectivity index (χ1v) is 9.35. The quantitative estimate of drug-likeness (QED) is 0.467. The number of anilines is 1. The molecule has 1 aliphatic rings. The lowest BCUT2D eigenvalue weighted by Crippen LogP contribution is -2.40. The van der Waals surface area contributed by atoms with Gasteiger partial charge in [-0.25, -0.2) is 4.98 Å². The molecule has 8 heteroatoms. The summed E-state index contributed by atoms with van der Waals surface area (Å²) in [5.74, 6) is 0.669. The monoisotopic (exact) mass is 390 g/mol. The van der Waals surface area contributed by atoms with Crippen LogP contribution in [0.5, 0.6) is 0 Å². The van der Waals surface area contributed by atoms with Crippen LogP contribution in [0.4, 0.5) is 5.69 Å². The van der Waals surface area contributed by atoms with Crippen LogP contribution in [-0.4, -0.2) is 37.6 Å². The Bertz CT molecular complexity index is 1280. The zero-order valence-corrected chi connectivity index (χ0v) is 16.2. The molecule has 0 radical (unpaired) electrons. The molecule has 3 heterocycles. The minimum absolute atomic E-state index is 0.0125. The molecule has 0 atom stereocenters. The van der Waals surface area contributed by atoms with Gasteiger partial charge in [0.25, 0.3) is 0 Å². The van der Waals surface area contributed by atoms with Crippen molar-refractivity contribution in [1.82, 2.24) is 20.2 Å². The summed E-state index contributed by atoms with van der Waals surface area (Å²) in [4.78, 5) is 22.9. The van der Waals surface area contributed by atoms with Crippen molar-refractivity contribution in [3.63, 3.8) is 0 Å². The van der Waals surface area contributed by atoms with Gasteiger partial charge in [0.2, 0.25) is 5.91 Å². The van der Waals surface area contributed by atoms with Crippen LogP contribution >= 0.6 is 12.2 Å². The largest absolute Gasteiger partial charge is 0.392 e. The van der Waals surface area contributed by atoms with Crippen LogP contribution in [-0.2, 0) is 10.2 Å². The number of aromatic amines is 2. The molecule has 1 amide bonds. The van der Waals surface area contributed by atoms with Crippen molar-refractivity contribution in [2.24, 2.45) is 5.73 Å². The molecule has 2 aromatic carbocycles. The Morgan fingerprint density at radius 1 is 1.25 bits per heavy atom. The van der Waals surface area contributed by atoms with E-state index in [4.69, 9.17) is 22.9 Å². The lowest BCUT2D eigenvalue weighted by molar-refractivity contribution is -0.121. The van der Waals surface area contributed by atoms with Gasteiger partial charge in [-0.15, -0.1) is 0 Å². The maximum absolute atomic E-state index is 12.9. The number of fused-ring (bicyclic) bond motifs is 3. The normalized spacial score (nSPS) is 15.5. The standard InChI is InChI=1S/C20H18N6OS/c1-20(2)11-7-13-14(8-15(11)26(19(20)27)9-16(21)28)23-18(22-13)17-10-5-3-4-6-12(10)24-25-17/h3-8H,9H2,1-2H3,(H2,21,28)(H,22,23)(H,24,25). The van der Waals surface area contributed by atoms with Gasteiger partial charge in [0.1, 0.15) is 5.69 Å². The Morgan fingerprint density at radius 3 is 2.82 bits per heavy atom. The van der Waals surface area contributed by atoms with E-state index < -0.39 is 5.41 Å². The van der Waals surface area contributed by atoms with Crippen molar-refractivity contribution in [3.8, 4) is 11.5 Å². The number of thiocarbonyl (C=S) groups is 1. The highest BCUT2D eigenvalue weighted by Crippen LogP contribution is 2.43. The van der Waals surface area contributed by atoms with Crippen molar-refractivity contribution < 1.29 is 4.79 Å². The van der Waals surface area contributed by atoms with Crippen molar-refractivity contribution in [1.29, 1.82) is 0 Å². The SMILES string of the molecule is CC1(C)C(=O)N(CC(N)=S)c2cc3[nH]c(-c4n[nH]c5ccccc45)nc3cc21. The predicted octanol–water partition coefficient (Wildman–Crippen LogP) is 3.02. The summed E-state index contributed by atoms with van der Waals surface area (Å²) in [5.41, 5.74) is 10.1. The summed E-state index contributed by atoms with van der Waals surface area (Å²) in [6.07, 6.45) is 0. The lowest BCUT2D eigenvalue weighted by Gasteiger charge is -2.19. The van der Waals surface area contributed by atoms with E-state index >= 15 is 0 Å². The van der Waals surface area contributed by atoms with E-state index in [9.17, 15) is 4.79 Å². The number of H-pyrrole nitrogens is 2. The van der Waals surface area contributed by atoms with Crippen LogP contribution in [0.3, 0.4) is 0 Å². The Labute approximate surface area is 165 Å². The van der Waals surface area contributed by atoms with Gasteiger partial charge in [0.15, 0.2) is 5.82 Å². The summed E-state index contributed by atoms with van der Waals surface area (Å²) in [6.45, 7) is 4.05. The van der Waals surface area contributed by atoms with Gasteiger partial charge in [0.05, 0.1) is 39.2 Å². The number of benzene rings is 2. The fraction of sp³-hybridized carbons (Fsp3) is 0.200. The molecule has 2 aromatic heterocycles. The second-order valence-corrected chi connectivity index (χ2v) is 8.10. The maximum atomic E-state index is 12.9.